The molecule has 0 saturated carbocycles. The highest BCUT2D eigenvalue weighted by atomic mass is 16.4. The van der Waals surface area contributed by atoms with Crippen molar-refractivity contribution >= 4 is 29.0 Å². The Morgan fingerprint density at radius 2 is 1.34 bits per heavy atom. The van der Waals surface area contributed by atoms with Crippen molar-refractivity contribution in [1.29, 1.82) is 0 Å². The van der Waals surface area contributed by atoms with Gasteiger partial charge in [0.05, 0.1) is 11.1 Å². The molecule has 0 unspecified atom stereocenters. The molecule has 0 aliphatic rings. The molecule has 0 saturated heterocycles. The molecule has 0 atom stereocenters. The van der Waals surface area contributed by atoms with Gasteiger partial charge in [0, 0.05) is 22.6 Å². The molecule has 4 rings (SSSR count). The summed E-state index contributed by atoms with van der Waals surface area (Å²) < 4.78 is 0. The van der Waals surface area contributed by atoms with E-state index in [2.05, 4.69) is 5.32 Å². The molecule has 0 aliphatic heterocycles. The Balaban J connectivity index is 2.02. The fourth-order valence-corrected chi connectivity index (χ4v) is 3.71. The molecule has 0 aromatic heterocycles. The van der Waals surface area contributed by atoms with Crippen molar-refractivity contribution < 1.29 is 19.8 Å². The van der Waals surface area contributed by atoms with E-state index in [0.717, 1.165) is 5.69 Å². The standard InChI is InChI=1S/C26H20N2O4/c27-17-11-12-19(21(15-17)25(29)30)20-13-14-22(28-18-9-5-2-6-10-18)23(24(20)26(31)32)16-7-3-1-4-8-16/h1-15,28H,27H2,(H,29,30)(H,31,32). The normalized spacial score (nSPS) is 10.5. The van der Waals surface area contributed by atoms with Crippen molar-refractivity contribution in [2.24, 2.45) is 0 Å². The summed E-state index contributed by atoms with van der Waals surface area (Å²) in [5.41, 5.74) is 9.15. The number of hydrogen-bond acceptors (Lipinski definition) is 4. The SMILES string of the molecule is Nc1ccc(-c2ccc(Nc3ccccc3)c(-c3ccccc3)c2C(=O)O)c(C(=O)O)c1. The molecule has 158 valence electrons. The minimum atomic E-state index is -1.18. The molecule has 0 amide bonds. The summed E-state index contributed by atoms with van der Waals surface area (Å²) in [6.07, 6.45) is 0. The average molecular weight is 424 g/mol. The molecule has 4 aromatic rings. The third-order valence-electron chi connectivity index (χ3n) is 5.10. The zero-order valence-corrected chi connectivity index (χ0v) is 16.9. The van der Waals surface area contributed by atoms with Gasteiger partial charge in [0.1, 0.15) is 0 Å². The van der Waals surface area contributed by atoms with Gasteiger partial charge in [0.15, 0.2) is 0 Å². The van der Waals surface area contributed by atoms with Crippen molar-refractivity contribution in [3.8, 4) is 22.3 Å². The first-order chi connectivity index (χ1) is 15.5. The summed E-state index contributed by atoms with van der Waals surface area (Å²) in [4.78, 5) is 24.4. The fraction of sp³-hybridized carbons (Fsp3) is 0. The lowest BCUT2D eigenvalue weighted by molar-refractivity contribution is 0.0685. The van der Waals surface area contributed by atoms with Crippen molar-refractivity contribution in [3.63, 3.8) is 0 Å². The zero-order valence-electron chi connectivity index (χ0n) is 16.9. The van der Waals surface area contributed by atoms with Crippen LogP contribution in [0.5, 0.6) is 0 Å². The van der Waals surface area contributed by atoms with Crippen molar-refractivity contribution in [3.05, 3.63) is 102 Å². The lowest BCUT2D eigenvalue weighted by atomic mass is 9.88. The van der Waals surface area contributed by atoms with Gasteiger partial charge < -0.3 is 21.3 Å². The Labute approximate surface area is 184 Å². The Kier molecular flexibility index (Phi) is 5.59. The van der Waals surface area contributed by atoms with Crippen LogP contribution in [0, 0.1) is 0 Å². The van der Waals surface area contributed by atoms with Crippen molar-refractivity contribution in [2.75, 3.05) is 11.1 Å². The van der Waals surface area contributed by atoms with Gasteiger partial charge in [-0.05, 0) is 47.0 Å². The molecule has 0 aliphatic carbocycles. The van der Waals surface area contributed by atoms with E-state index in [1.165, 1.54) is 6.07 Å². The third kappa shape index (κ3) is 4.02. The number of nitrogen functional groups attached to an aromatic ring is 1. The van der Waals surface area contributed by atoms with Crippen LogP contribution >= 0.6 is 0 Å². The van der Waals surface area contributed by atoms with Gasteiger partial charge in [-0.1, -0.05) is 60.7 Å². The monoisotopic (exact) mass is 424 g/mol. The van der Waals surface area contributed by atoms with E-state index in [-0.39, 0.29) is 22.4 Å². The van der Waals surface area contributed by atoms with Crippen LogP contribution in [-0.2, 0) is 0 Å². The van der Waals surface area contributed by atoms with Gasteiger partial charge in [-0.2, -0.15) is 0 Å². The van der Waals surface area contributed by atoms with Crippen molar-refractivity contribution in [2.45, 2.75) is 0 Å². The highest BCUT2D eigenvalue weighted by Crippen LogP contribution is 2.40. The molecule has 4 aromatic carbocycles. The molecule has 0 fully saturated rings. The highest BCUT2D eigenvalue weighted by molar-refractivity contribution is 6.09. The van der Waals surface area contributed by atoms with Crippen molar-refractivity contribution in [1.82, 2.24) is 0 Å². The lowest BCUT2D eigenvalue weighted by Gasteiger charge is -2.19. The third-order valence-corrected chi connectivity index (χ3v) is 5.10. The van der Waals surface area contributed by atoms with E-state index >= 15 is 0 Å². The molecule has 0 radical (unpaired) electrons. The lowest BCUT2D eigenvalue weighted by Crippen LogP contribution is -2.08. The summed E-state index contributed by atoms with van der Waals surface area (Å²) in [5.74, 6) is -2.35. The summed E-state index contributed by atoms with van der Waals surface area (Å²) >= 11 is 0. The molecule has 6 heteroatoms. The Bertz CT molecular complexity index is 1300. The quantitative estimate of drug-likeness (QED) is 0.294. The van der Waals surface area contributed by atoms with Crippen LogP contribution < -0.4 is 11.1 Å². The average Bonchev–Trinajstić information content (AvgIpc) is 2.80. The zero-order chi connectivity index (χ0) is 22.7. The largest absolute Gasteiger partial charge is 0.478 e. The minimum absolute atomic E-state index is 0.00408. The molecular formula is C26H20N2O4. The number of nitrogens with two attached hydrogens (primary N) is 1. The number of rotatable bonds is 6. The molecule has 0 spiro atoms. The smallest absolute Gasteiger partial charge is 0.337 e. The Morgan fingerprint density at radius 1 is 0.719 bits per heavy atom. The second-order valence-corrected chi connectivity index (χ2v) is 7.18. The number of benzene rings is 4. The topological polar surface area (TPSA) is 113 Å². The number of hydrogen-bond donors (Lipinski definition) is 4. The van der Waals surface area contributed by atoms with Gasteiger partial charge >= 0.3 is 11.9 Å². The van der Waals surface area contributed by atoms with Gasteiger partial charge in [-0.25, -0.2) is 9.59 Å². The molecule has 0 bridgehead atoms. The maximum atomic E-state index is 12.5. The van der Waals surface area contributed by atoms with E-state index in [1.54, 1.807) is 24.3 Å². The summed E-state index contributed by atoms with van der Waals surface area (Å²) in [6.45, 7) is 0. The van der Waals surface area contributed by atoms with Crippen LogP contribution in [0.2, 0.25) is 0 Å². The first-order valence-corrected chi connectivity index (χ1v) is 9.86. The second kappa shape index (κ2) is 8.65. The van der Waals surface area contributed by atoms with E-state index in [4.69, 9.17) is 5.73 Å². The van der Waals surface area contributed by atoms with Crippen LogP contribution in [0.3, 0.4) is 0 Å². The molecule has 32 heavy (non-hydrogen) atoms. The first-order valence-electron chi connectivity index (χ1n) is 9.86. The Morgan fingerprint density at radius 3 is 1.97 bits per heavy atom. The number of aromatic carboxylic acids is 2. The van der Waals surface area contributed by atoms with Gasteiger partial charge in [-0.15, -0.1) is 0 Å². The van der Waals surface area contributed by atoms with E-state index in [0.29, 0.717) is 22.4 Å². The molecule has 0 heterocycles. The maximum absolute atomic E-state index is 12.5. The van der Waals surface area contributed by atoms with Crippen LogP contribution in [0.4, 0.5) is 17.1 Å². The number of carboxylic acid groups (broad SMARTS) is 2. The van der Waals surface area contributed by atoms with E-state index in [9.17, 15) is 19.8 Å². The van der Waals surface area contributed by atoms with E-state index < -0.39 is 11.9 Å². The fourth-order valence-electron chi connectivity index (χ4n) is 3.71. The molecule has 5 N–H and O–H groups in total. The maximum Gasteiger partial charge on any atom is 0.337 e. The predicted molar refractivity (Wildman–Crippen MR) is 125 cm³/mol. The highest BCUT2D eigenvalue weighted by Gasteiger charge is 2.24. The predicted octanol–water partition coefficient (Wildman–Crippen LogP) is 5.74. The Hall–Kier alpha value is -4.58. The number of nitrogens with one attached hydrogen (secondary N) is 1. The number of carboxylic acids is 2. The second-order valence-electron chi connectivity index (χ2n) is 7.18. The van der Waals surface area contributed by atoms with Gasteiger partial charge in [0.25, 0.3) is 0 Å². The van der Waals surface area contributed by atoms with Crippen LogP contribution in [-0.4, -0.2) is 22.2 Å². The first kappa shape index (κ1) is 20.7. The van der Waals surface area contributed by atoms with Gasteiger partial charge in [0.2, 0.25) is 0 Å². The number of anilines is 3. The number of para-hydroxylation sites is 1. The van der Waals surface area contributed by atoms with Crippen LogP contribution in [0.1, 0.15) is 20.7 Å². The molecular weight excluding hydrogens is 404 g/mol. The summed E-state index contributed by atoms with van der Waals surface area (Å²) in [7, 11) is 0. The minimum Gasteiger partial charge on any atom is -0.478 e. The number of carbonyl (C=O) groups is 2. The van der Waals surface area contributed by atoms with E-state index in [1.807, 2.05) is 60.7 Å². The summed E-state index contributed by atoms with van der Waals surface area (Å²) in [6, 6.07) is 26.4. The van der Waals surface area contributed by atoms with Crippen LogP contribution in [0.25, 0.3) is 22.3 Å². The van der Waals surface area contributed by atoms with Crippen LogP contribution in [0.15, 0.2) is 91.0 Å². The molecule has 6 nitrogen and oxygen atoms in total. The van der Waals surface area contributed by atoms with Gasteiger partial charge in [-0.3, -0.25) is 0 Å². The summed E-state index contributed by atoms with van der Waals surface area (Å²) in [5, 5.41) is 23.2.